The van der Waals surface area contributed by atoms with Crippen LogP contribution < -0.4 is 4.90 Å². The van der Waals surface area contributed by atoms with Crippen molar-refractivity contribution >= 4 is 11.7 Å². The Hall–Kier alpha value is -3.35. The Morgan fingerprint density at radius 2 is 2.03 bits per heavy atom. The third kappa shape index (κ3) is 4.20. The summed E-state index contributed by atoms with van der Waals surface area (Å²) >= 11 is 0. The molecule has 164 valence electrons. The number of rotatable bonds is 4. The van der Waals surface area contributed by atoms with Crippen LogP contribution in [0, 0.1) is 6.92 Å². The molecule has 0 unspecified atom stereocenters. The highest BCUT2D eigenvalue weighted by Gasteiger charge is 2.30. The molecule has 0 aliphatic carbocycles. The van der Waals surface area contributed by atoms with Crippen LogP contribution in [0.4, 0.5) is 5.82 Å². The molecule has 1 saturated heterocycles. The molecule has 0 spiro atoms. The van der Waals surface area contributed by atoms with E-state index in [0.717, 1.165) is 68.3 Å². The van der Waals surface area contributed by atoms with Crippen LogP contribution in [0.25, 0.3) is 0 Å². The van der Waals surface area contributed by atoms with Crippen molar-refractivity contribution in [1.82, 2.24) is 24.8 Å². The number of carbonyl (C=O) groups excluding carboxylic acids is 1. The monoisotopic (exact) mass is 428 g/mol. The molecule has 0 radical (unpaired) electrons. The van der Waals surface area contributed by atoms with E-state index in [4.69, 9.17) is 9.97 Å². The van der Waals surface area contributed by atoms with Gasteiger partial charge in [0.2, 0.25) is 0 Å². The van der Waals surface area contributed by atoms with Gasteiger partial charge in [0.05, 0.1) is 17.8 Å². The van der Waals surface area contributed by atoms with Crippen molar-refractivity contribution in [3.8, 4) is 0 Å². The number of aryl methyl sites for hydroxylation is 1. The minimum Gasteiger partial charge on any atom is -0.350 e. The molecule has 7 heteroatoms. The summed E-state index contributed by atoms with van der Waals surface area (Å²) in [5, 5.41) is 0. The van der Waals surface area contributed by atoms with E-state index in [2.05, 4.69) is 27.9 Å². The first kappa shape index (κ1) is 20.5. The molecule has 1 atom stereocenters. The molecule has 0 saturated carbocycles. The third-order valence-corrected chi connectivity index (χ3v) is 6.42. The minimum atomic E-state index is 0.0364. The second kappa shape index (κ2) is 9.02. The Balaban J connectivity index is 1.40. The summed E-state index contributed by atoms with van der Waals surface area (Å²) in [5.41, 5.74) is 3.99. The zero-order valence-electron chi connectivity index (χ0n) is 18.4. The largest absolute Gasteiger partial charge is 0.350 e. The van der Waals surface area contributed by atoms with Crippen molar-refractivity contribution in [1.29, 1.82) is 0 Å². The standard InChI is InChI=1S/C25H28N6O/c1-18-22-10-6-13-30(17-21-9-2-3-12-27-21)24(22)29-23(28-18)20-8-5-14-31(16-20)25(32)19-7-4-11-26-15-19/h2-4,7,9,11-12,15,20H,5-6,8,10,13-14,16-17H2,1H3/t20-/m0/s1. The predicted molar refractivity (Wildman–Crippen MR) is 122 cm³/mol. The third-order valence-electron chi connectivity index (χ3n) is 6.42. The maximum absolute atomic E-state index is 13.0. The van der Waals surface area contributed by atoms with Gasteiger partial charge < -0.3 is 9.80 Å². The Bertz CT molecular complexity index is 1090. The smallest absolute Gasteiger partial charge is 0.255 e. The summed E-state index contributed by atoms with van der Waals surface area (Å²) in [6.45, 7) is 5.22. The molecule has 0 aromatic carbocycles. The fraction of sp³-hybridized carbons (Fsp3) is 0.400. The number of hydrogen-bond acceptors (Lipinski definition) is 6. The average molecular weight is 429 g/mol. The van der Waals surface area contributed by atoms with E-state index in [-0.39, 0.29) is 11.8 Å². The molecule has 3 aromatic heterocycles. The van der Waals surface area contributed by atoms with Gasteiger partial charge in [0.1, 0.15) is 11.6 Å². The van der Waals surface area contributed by atoms with E-state index in [1.165, 1.54) is 5.56 Å². The Morgan fingerprint density at radius 1 is 1.09 bits per heavy atom. The zero-order valence-corrected chi connectivity index (χ0v) is 18.4. The van der Waals surface area contributed by atoms with Crippen molar-refractivity contribution in [2.24, 2.45) is 0 Å². The van der Waals surface area contributed by atoms with Gasteiger partial charge in [-0.3, -0.25) is 14.8 Å². The van der Waals surface area contributed by atoms with E-state index < -0.39 is 0 Å². The number of amides is 1. The maximum Gasteiger partial charge on any atom is 0.255 e. The van der Waals surface area contributed by atoms with Crippen molar-refractivity contribution in [3.05, 3.63) is 77.3 Å². The first-order valence-corrected chi connectivity index (χ1v) is 11.4. The SMILES string of the molecule is Cc1nc([C@H]2CCCN(C(=O)c3cccnc3)C2)nc2c1CCCN2Cc1ccccn1. The second-order valence-electron chi connectivity index (χ2n) is 8.65. The topological polar surface area (TPSA) is 75.1 Å². The van der Waals surface area contributed by atoms with E-state index >= 15 is 0 Å². The molecule has 32 heavy (non-hydrogen) atoms. The van der Waals surface area contributed by atoms with Crippen molar-refractivity contribution < 1.29 is 4.79 Å². The summed E-state index contributed by atoms with van der Waals surface area (Å²) in [5.74, 6) is 2.08. The van der Waals surface area contributed by atoms with Crippen LogP contribution in [0.5, 0.6) is 0 Å². The molecule has 1 fully saturated rings. The molecule has 7 nitrogen and oxygen atoms in total. The summed E-state index contributed by atoms with van der Waals surface area (Å²) in [6, 6.07) is 9.67. The van der Waals surface area contributed by atoms with Crippen LogP contribution >= 0.6 is 0 Å². The maximum atomic E-state index is 13.0. The van der Waals surface area contributed by atoms with Crippen molar-refractivity contribution in [2.45, 2.75) is 45.1 Å². The molecule has 1 amide bonds. The van der Waals surface area contributed by atoms with Gasteiger partial charge in [-0.2, -0.15) is 0 Å². The highest BCUT2D eigenvalue weighted by molar-refractivity contribution is 5.94. The van der Waals surface area contributed by atoms with Crippen LogP contribution in [0.15, 0.2) is 48.9 Å². The number of likely N-dealkylation sites (tertiary alicyclic amines) is 1. The van der Waals surface area contributed by atoms with Gasteiger partial charge in [-0.05, 0) is 56.9 Å². The molecular weight excluding hydrogens is 400 g/mol. The Labute approximate surface area is 188 Å². The van der Waals surface area contributed by atoms with Gasteiger partial charge in [-0.25, -0.2) is 9.97 Å². The number of nitrogens with zero attached hydrogens (tertiary/aromatic N) is 6. The van der Waals surface area contributed by atoms with Crippen LogP contribution in [0.1, 0.15) is 58.3 Å². The Morgan fingerprint density at radius 3 is 2.84 bits per heavy atom. The molecule has 0 bridgehead atoms. The van der Waals surface area contributed by atoms with E-state index in [1.54, 1.807) is 18.5 Å². The van der Waals surface area contributed by atoms with E-state index in [9.17, 15) is 4.79 Å². The zero-order chi connectivity index (χ0) is 21.9. The number of aromatic nitrogens is 4. The molecule has 3 aromatic rings. The van der Waals surface area contributed by atoms with Crippen LogP contribution in [0.2, 0.25) is 0 Å². The van der Waals surface area contributed by atoms with Gasteiger partial charge in [0.15, 0.2) is 0 Å². The lowest BCUT2D eigenvalue weighted by Gasteiger charge is -2.34. The molecular formula is C25H28N6O. The number of piperidine rings is 1. The number of hydrogen-bond donors (Lipinski definition) is 0. The summed E-state index contributed by atoms with van der Waals surface area (Å²) < 4.78 is 0. The fourth-order valence-electron chi connectivity index (χ4n) is 4.78. The van der Waals surface area contributed by atoms with Gasteiger partial charge >= 0.3 is 0 Å². The van der Waals surface area contributed by atoms with E-state index in [1.807, 2.05) is 29.3 Å². The number of carbonyl (C=O) groups is 1. The van der Waals surface area contributed by atoms with Crippen LogP contribution in [-0.4, -0.2) is 50.4 Å². The molecule has 0 N–H and O–H groups in total. The summed E-state index contributed by atoms with van der Waals surface area (Å²) in [6.07, 6.45) is 9.23. The number of pyridine rings is 2. The lowest BCUT2D eigenvalue weighted by Crippen LogP contribution is -2.40. The molecule has 2 aliphatic rings. The average Bonchev–Trinajstić information content (AvgIpc) is 2.85. The lowest BCUT2D eigenvalue weighted by atomic mass is 9.95. The second-order valence-corrected chi connectivity index (χ2v) is 8.65. The van der Waals surface area contributed by atoms with Gasteiger partial charge in [0, 0.05) is 55.4 Å². The van der Waals surface area contributed by atoms with Crippen LogP contribution in [-0.2, 0) is 13.0 Å². The number of anilines is 1. The van der Waals surface area contributed by atoms with Gasteiger partial charge in [-0.15, -0.1) is 0 Å². The first-order valence-electron chi connectivity index (χ1n) is 11.4. The van der Waals surface area contributed by atoms with Gasteiger partial charge in [0.25, 0.3) is 5.91 Å². The van der Waals surface area contributed by atoms with Crippen molar-refractivity contribution in [2.75, 3.05) is 24.5 Å². The Kier molecular flexibility index (Phi) is 5.79. The molecule has 5 rings (SSSR count). The highest BCUT2D eigenvalue weighted by atomic mass is 16.2. The molecule has 5 heterocycles. The first-order chi connectivity index (χ1) is 15.7. The van der Waals surface area contributed by atoms with E-state index in [0.29, 0.717) is 12.1 Å². The van der Waals surface area contributed by atoms with Crippen molar-refractivity contribution in [3.63, 3.8) is 0 Å². The van der Waals surface area contributed by atoms with Crippen LogP contribution in [0.3, 0.4) is 0 Å². The van der Waals surface area contributed by atoms with Gasteiger partial charge in [-0.1, -0.05) is 6.07 Å². The summed E-state index contributed by atoms with van der Waals surface area (Å²) in [7, 11) is 0. The minimum absolute atomic E-state index is 0.0364. The summed E-state index contributed by atoms with van der Waals surface area (Å²) in [4.78, 5) is 35.8. The lowest BCUT2D eigenvalue weighted by molar-refractivity contribution is 0.0704. The number of fused-ring (bicyclic) bond motifs is 1. The highest BCUT2D eigenvalue weighted by Crippen LogP contribution is 2.32. The molecule has 2 aliphatic heterocycles. The quantitative estimate of drug-likeness (QED) is 0.633. The normalized spacial score (nSPS) is 18.3. The fourth-order valence-corrected chi connectivity index (χ4v) is 4.78. The predicted octanol–water partition coefficient (Wildman–Crippen LogP) is 3.55.